The first-order valence-corrected chi connectivity index (χ1v) is 3.37. The normalized spacial score (nSPS) is 30.8. The number of hydrogen-bond donors (Lipinski definition) is 1. The van der Waals surface area contributed by atoms with Crippen LogP contribution in [0.3, 0.4) is 0 Å². The highest BCUT2D eigenvalue weighted by atomic mass is 19.4. The van der Waals surface area contributed by atoms with Gasteiger partial charge in [-0.25, -0.2) is 0 Å². The number of likely N-dealkylation sites (tertiary alicyclic amines) is 1. The molecule has 1 atom stereocenters. The summed E-state index contributed by atoms with van der Waals surface area (Å²) in [4.78, 5) is 11.0. The largest absolute Gasteiger partial charge is 0.419 e. The van der Waals surface area contributed by atoms with E-state index in [2.05, 4.69) is 0 Å². The average molecular weight is 183 g/mol. The lowest BCUT2D eigenvalue weighted by molar-refractivity contribution is -0.253. The number of alkyl halides is 3. The zero-order valence-corrected chi connectivity index (χ0v) is 6.14. The van der Waals surface area contributed by atoms with E-state index < -0.39 is 24.7 Å². The maximum Gasteiger partial charge on any atom is 0.419 e. The molecule has 0 aromatic carbocycles. The predicted molar refractivity (Wildman–Crippen MR) is 33.3 cm³/mol. The van der Waals surface area contributed by atoms with Crippen LogP contribution in [-0.4, -0.2) is 41.3 Å². The summed E-state index contributed by atoms with van der Waals surface area (Å²) in [7, 11) is 0. The molecule has 0 aromatic heterocycles. The van der Waals surface area contributed by atoms with Crippen LogP contribution in [0.25, 0.3) is 0 Å². The molecule has 1 saturated heterocycles. The van der Waals surface area contributed by atoms with Crippen LogP contribution < -0.4 is 0 Å². The second-order valence-electron chi connectivity index (χ2n) is 2.86. The lowest BCUT2D eigenvalue weighted by Gasteiger charge is -2.24. The zero-order valence-electron chi connectivity index (χ0n) is 6.14. The Morgan fingerprint density at radius 1 is 1.50 bits per heavy atom. The van der Waals surface area contributed by atoms with E-state index in [0.29, 0.717) is 6.41 Å². The second kappa shape index (κ2) is 2.62. The maximum absolute atomic E-state index is 12.1. The molecule has 0 unspecified atom stereocenters. The fraction of sp³-hybridized carbons (Fsp3) is 0.833. The minimum atomic E-state index is -4.65. The van der Waals surface area contributed by atoms with Gasteiger partial charge in [0.05, 0.1) is 6.54 Å². The molecule has 0 saturated carbocycles. The third kappa shape index (κ3) is 1.38. The van der Waals surface area contributed by atoms with Crippen molar-refractivity contribution in [3.8, 4) is 0 Å². The lowest BCUT2D eigenvalue weighted by atomic mass is 10.0. The molecule has 0 aliphatic carbocycles. The summed E-state index contributed by atoms with van der Waals surface area (Å²) in [5.41, 5.74) is -2.70. The van der Waals surface area contributed by atoms with Gasteiger partial charge in [0, 0.05) is 13.0 Å². The molecule has 0 spiro atoms. The summed E-state index contributed by atoms with van der Waals surface area (Å²) >= 11 is 0. The van der Waals surface area contributed by atoms with Gasteiger partial charge in [-0.2, -0.15) is 13.2 Å². The molecular formula is C6H8F3NO2. The molecule has 1 amide bonds. The van der Waals surface area contributed by atoms with Crippen molar-refractivity contribution in [2.75, 3.05) is 13.1 Å². The van der Waals surface area contributed by atoms with E-state index in [9.17, 15) is 18.0 Å². The van der Waals surface area contributed by atoms with Crippen LogP contribution in [0.2, 0.25) is 0 Å². The number of carbonyl (C=O) groups excluding carboxylic acids is 1. The van der Waals surface area contributed by atoms with Crippen molar-refractivity contribution < 1.29 is 23.1 Å². The summed E-state index contributed by atoms with van der Waals surface area (Å²) in [5.74, 6) is 0. The fourth-order valence-corrected chi connectivity index (χ4v) is 1.14. The molecule has 0 bridgehead atoms. The zero-order chi connectivity index (χ0) is 9.41. The van der Waals surface area contributed by atoms with Crippen LogP contribution >= 0.6 is 0 Å². The fourth-order valence-electron chi connectivity index (χ4n) is 1.14. The first kappa shape index (κ1) is 9.31. The number of hydrogen-bond acceptors (Lipinski definition) is 2. The standard InChI is InChI=1S/C6H8F3NO2/c7-6(8,9)5(12)1-2-10(3-5)4-11/h4,12H,1-3H2/t5-/m0/s1. The van der Waals surface area contributed by atoms with Crippen LogP contribution in [0.4, 0.5) is 13.2 Å². The van der Waals surface area contributed by atoms with Gasteiger partial charge < -0.3 is 10.0 Å². The van der Waals surface area contributed by atoms with Gasteiger partial charge in [0.2, 0.25) is 6.41 Å². The Hall–Kier alpha value is -0.780. The van der Waals surface area contributed by atoms with E-state index in [0.717, 1.165) is 4.90 Å². The minimum absolute atomic E-state index is 0.0422. The van der Waals surface area contributed by atoms with E-state index >= 15 is 0 Å². The molecule has 1 rings (SSSR count). The van der Waals surface area contributed by atoms with Gasteiger partial charge in [-0.1, -0.05) is 0 Å². The topological polar surface area (TPSA) is 40.5 Å². The number of β-amino-alcohol motifs (C(OH)–C–C–N with tert-alkyl or cyclic N) is 1. The Kier molecular flexibility index (Phi) is 2.03. The molecule has 12 heavy (non-hydrogen) atoms. The van der Waals surface area contributed by atoms with Gasteiger partial charge in [-0.15, -0.1) is 0 Å². The van der Waals surface area contributed by atoms with Crippen LogP contribution in [0.1, 0.15) is 6.42 Å². The summed E-state index contributed by atoms with van der Waals surface area (Å²) < 4.78 is 36.2. The molecule has 70 valence electrons. The van der Waals surface area contributed by atoms with Crippen molar-refractivity contribution in [2.24, 2.45) is 0 Å². The van der Waals surface area contributed by atoms with Crippen molar-refractivity contribution in [3.63, 3.8) is 0 Å². The summed E-state index contributed by atoms with van der Waals surface area (Å²) in [6.45, 7) is -0.695. The molecule has 1 aliphatic rings. The Balaban J connectivity index is 2.70. The third-order valence-electron chi connectivity index (χ3n) is 1.95. The van der Waals surface area contributed by atoms with E-state index in [1.165, 1.54) is 0 Å². The van der Waals surface area contributed by atoms with E-state index in [4.69, 9.17) is 5.11 Å². The maximum atomic E-state index is 12.1. The molecule has 6 heteroatoms. The molecule has 1 heterocycles. The Labute approximate surface area is 66.8 Å². The second-order valence-corrected chi connectivity index (χ2v) is 2.86. The Bertz CT molecular complexity index is 194. The summed E-state index contributed by atoms with van der Waals surface area (Å²) in [6.07, 6.45) is -4.77. The van der Waals surface area contributed by atoms with Gasteiger partial charge in [-0.05, 0) is 0 Å². The molecule has 1 fully saturated rings. The van der Waals surface area contributed by atoms with Crippen molar-refractivity contribution >= 4 is 6.41 Å². The number of rotatable bonds is 1. The molecule has 0 aromatic rings. The smallest absolute Gasteiger partial charge is 0.379 e. The first-order valence-electron chi connectivity index (χ1n) is 3.37. The van der Waals surface area contributed by atoms with Crippen LogP contribution in [-0.2, 0) is 4.79 Å². The van der Waals surface area contributed by atoms with Crippen molar-refractivity contribution in [2.45, 2.75) is 18.2 Å². The number of aliphatic hydroxyl groups is 1. The van der Waals surface area contributed by atoms with Gasteiger partial charge >= 0.3 is 6.18 Å². The molecule has 3 nitrogen and oxygen atoms in total. The Morgan fingerprint density at radius 2 is 2.08 bits per heavy atom. The molecule has 1 aliphatic heterocycles. The van der Waals surface area contributed by atoms with Crippen molar-refractivity contribution in [1.82, 2.24) is 4.90 Å². The Morgan fingerprint density at radius 3 is 2.33 bits per heavy atom. The van der Waals surface area contributed by atoms with Crippen molar-refractivity contribution in [1.29, 1.82) is 0 Å². The predicted octanol–water partition coefficient (Wildman–Crippen LogP) is 0.142. The van der Waals surface area contributed by atoms with Crippen LogP contribution in [0, 0.1) is 0 Å². The van der Waals surface area contributed by atoms with Crippen LogP contribution in [0.15, 0.2) is 0 Å². The third-order valence-corrected chi connectivity index (χ3v) is 1.95. The summed E-state index contributed by atoms with van der Waals surface area (Å²) in [5, 5.41) is 9.00. The van der Waals surface area contributed by atoms with E-state index in [1.54, 1.807) is 0 Å². The van der Waals surface area contributed by atoms with Gasteiger partial charge in [0.1, 0.15) is 0 Å². The SMILES string of the molecule is O=CN1CC[C@@](O)(C(F)(F)F)C1. The summed E-state index contributed by atoms with van der Waals surface area (Å²) in [6, 6.07) is 0. The van der Waals surface area contributed by atoms with Crippen LogP contribution in [0.5, 0.6) is 0 Å². The first-order chi connectivity index (χ1) is 5.39. The lowest BCUT2D eigenvalue weighted by Crippen LogP contribution is -2.47. The quantitative estimate of drug-likeness (QED) is 0.587. The van der Waals surface area contributed by atoms with Gasteiger partial charge in [0.25, 0.3) is 0 Å². The monoisotopic (exact) mass is 183 g/mol. The number of halogens is 3. The van der Waals surface area contributed by atoms with E-state index in [1.807, 2.05) is 0 Å². The van der Waals surface area contributed by atoms with Gasteiger partial charge in [0.15, 0.2) is 5.60 Å². The molecule has 0 radical (unpaired) electrons. The number of carbonyl (C=O) groups is 1. The average Bonchev–Trinajstić information content (AvgIpc) is 2.31. The van der Waals surface area contributed by atoms with Gasteiger partial charge in [-0.3, -0.25) is 4.79 Å². The number of amides is 1. The minimum Gasteiger partial charge on any atom is -0.379 e. The van der Waals surface area contributed by atoms with Crippen molar-refractivity contribution in [3.05, 3.63) is 0 Å². The van der Waals surface area contributed by atoms with E-state index in [-0.39, 0.29) is 6.54 Å². The molecular weight excluding hydrogens is 175 g/mol. The number of nitrogens with zero attached hydrogens (tertiary/aromatic N) is 1. The molecule has 1 N–H and O–H groups in total. The highest BCUT2D eigenvalue weighted by molar-refractivity contribution is 5.48. The highest BCUT2D eigenvalue weighted by Gasteiger charge is 2.56. The highest BCUT2D eigenvalue weighted by Crippen LogP contribution is 2.36.